The highest BCUT2D eigenvalue weighted by Gasteiger charge is 2.12. The number of para-hydroxylation sites is 1. The Bertz CT molecular complexity index is 973. The average Bonchev–Trinajstić information content (AvgIpc) is 2.68. The van der Waals surface area contributed by atoms with E-state index in [4.69, 9.17) is 27.5 Å². The van der Waals surface area contributed by atoms with E-state index in [9.17, 15) is 9.59 Å². The third-order valence-electron chi connectivity index (χ3n) is 3.42. The molecule has 2 aromatic carbocycles. The Morgan fingerprint density at radius 3 is 2.76 bits per heavy atom. The minimum Gasteiger partial charge on any atom is -0.493 e. The molecule has 0 atom stereocenters. The molecule has 0 unspecified atom stereocenters. The van der Waals surface area contributed by atoms with E-state index in [-0.39, 0.29) is 6.61 Å². The van der Waals surface area contributed by atoms with E-state index in [2.05, 4.69) is 37.7 Å². The van der Waals surface area contributed by atoms with Crippen molar-refractivity contribution >= 4 is 51.2 Å². The Balaban J connectivity index is 1.94. The van der Waals surface area contributed by atoms with Gasteiger partial charge in [0.05, 0.1) is 28.5 Å². The Morgan fingerprint density at radius 1 is 1.31 bits per heavy atom. The summed E-state index contributed by atoms with van der Waals surface area (Å²) in [6.45, 7) is 0.0920. The molecule has 9 heteroatoms. The second kappa shape index (κ2) is 11.1. The topological polar surface area (TPSA) is 89.0 Å². The van der Waals surface area contributed by atoms with E-state index in [1.54, 1.807) is 36.4 Å². The zero-order chi connectivity index (χ0) is 21.2. The van der Waals surface area contributed by atoms with Crippen LogP contribution in [0.2, 0.25) is 5.02 Å². The van der Waals surface area contributed by atoms with Gasteiger partial charge in [-0.2, -0.15) is 5.10 Å². The van der Waals surface area contributed by atoms with E-state index < -0.39 is 18.2 Å². The van der Waals surface area contributed by atoms with Crippen LogP contribution in [0.4, 0.5) is 5.69 Å². The molecule has 0 saturated carbocycles. The SMILES string of the molecule is C#CCOc1c(Br)cc(C=NNC(=O)CC(=O)Nc2ccccc2Cl)cc1OC. The molecule has 0 heterocycles. The molecule has 2 N–H and O–H groups in total. The number of rotatable bonds is 8. The van der Waals surface area contributed by atoms with Gasteiger partial charge in [0.1, 0.15) is 13.0 Å². The van der Waals surface area contributed by atoms with Crippen LogP contribution in [0.15, 0.2) is 46.0 Å². The monoisotopic (exact) mass is 477 g/mol. The second-order valence-corrected chi connectivity index (χ2v) is 6.79. The van der Waals surface area contributed by atoms with Crippen LogP contribution in [-0.2, 0) is 9.59 Å². The lowest BCUT2D eigenvalue weighted by Gasteiger charge is -2.11. The molecule has 0 aromatic heterocycles. The van der Waals surface area contributed by atoms with Crippen molar-refractivity contribution in [3.05, 3.63) is 51.5 Å². The van der Waals surface area contributed by atoms with Crippen LogP contribution in [0.25, 0.3) is 0 Å². The number of hydrogen-bond acceptors (Lipinski definition) is 5. The molecular formula is C20H17BrClN3O4. The van der Waals surface area contributed by atoms with Crippen molar-refractivity contribution < 1.29 is 19.1 Å². The van der Waals surface area contributed by atoms with Gasteiger partial charge in [-0.1, -0.05) is 29.7 Å². The first kappa shape index (κ1) is 22.3. The van der Waals surface area contributed by atoms with E-state index >= 15 is 0 Å². The number of carbonyl (C=O) groups is 2. The van der Waals surface area contributed by atoms with Crippen LogP contribution in [0, 0.1) is 12.3 Å². The molecule has 0 spiro atoms. The van der Waals surface area contributed by atoms with Gasteiger partial charge in [-0.25, -0.2) is 5.43 Å². The number of benzene rings is 2. The predicted molar refractivity (Wildman–Crippen MR) is 115 cm³/mol. The maximum absolute atomic E-state index is 11.9. The third-order valence-corrected chi connectivity index (χ3v) is 4.34. The highest BCUT2D eigenvalue weighted by Crippen LogP contribution is 2.36. The minimum absolute atomic E-state index is 0.0920. The van der Waals surface area contributed by atoms with Gasteiger partial charge in [-0.05, 0) is 45.8 Å². The van der Waals surface area contributed by atoms with Crippen LogP contribution >= 0.6 is 27.5 Å². The maximum atomic E-state index is 11.9. The molecule has 0 aliphatic carbocycles. The van der Waals surface area contributed by atoms with Crippen LogP contribution in [-0.4, -0.2) is 31.7 Å². The predicted octanol–water partition coefficient (Wildman–Crippen LogP) is 3.60. The highest BCUT2D eigenvalue weighted by molar-refractivity contribution is 9.10. The smallest absolute Gasteiger partial charge is 0.249 e. The molecule has 0 aliphatic heterocycles. The van der Waals surface area contributed by atoms with Crippen molar-refractivity contribution in [2.45, 2.75) is 6.42 Å². The maximum Gasteiger partial charge on any atom is 0.249 e. The van der Waals surface area contributed by atoms with E-state index in [1.807, 2.05) is 0 Å². The van der Waals surface area contributed by atoms with Gasteiger partial charge in [0.15, 0.2) is 11.5 Å². The van der Waals surface area contributed by atoms with Gasteiger partial charge in [0.25, 0.3) is 0 Å². The van der Waals surface area contributed by atoms with Crippen molar-refractivity contribution in [1.82, 2.24) is 5.43 Å². The van der Waals surface area contributed by atoms with Crippen LogP contribution in [0.1, 0.15) is 12.0 Å². The van der Waals surface area contributed by atoms with Gasteiger partial charge < -0.3 is 14.8 Å². The summed E-state index contributed by atoms with van der Waals surface area (Å²) < 4.78 is 11.3. The summed E-state index contributed by atoms with van der Waals surface area (Å²) in [4.78, 5) is 23.8. The molecule has 29 heavy (non-hydrogen) atoms. The molecule has 7 nitrogen and oxygen atoms in total. The first-order valence-corrected chi connectivity index (χ1v) is 9.41. The lowest BCUT2D eigenvalue weighted by Crippen LogP contribution is -2.24. The highest BCUT2D eigenvalue weighted by atomic mass is 79.9. The number of nitrogens with one attached hydrogen (secondary N) is 2. The van der Waals surface area contributed by atoms with E-state index in [1.165, 1.54) is 13.3 Å². The molecule has 0 radical (unpaired) electrons. The molecule has 0 fully saturated rings. The summed E-state index contributed by atoms with van der Waals surface area (Å²) in [7, 11) is 1.49. The van der Waals surface area contributed by atoms with E-state index in [0.29, 0.717) is 32.2 Å². The van der Waals surface area contributed by atoms with Crippen molar-refractivity contribution in [1.29, 1.82) is 0 Å². The van der Waals surface area contributed by atoms with Crippen molar-refractivity contribution in [2.24, 2.45) is 5.10 Å². The lowest BCUT2D eigenvalue weighted by atomic mass is 10.2. The summed E-state index contributed by atoms with van der Waals surface area (Å²) in [5, 5.41) is 6.79. The summed E-state index contributed by atoms with van der Waals surface area (Å²) in [5.41, 5.74) is 3.35. The van der Waals surface area contributed by atoms with Gasteiger partial charge >= 0.3 is 0 Å². The second-order valence-electron chi connectivity index (χ2n) is 5.52. The van der Waals surface area contributed by atoms with Gasteiger partial charge in [0, 0.05) is 0 Å². The molecular weight excluding hydrogens is 462 g/mol. The molecule has 150 valence electrons. The quantitative estimate of drug-likeness (QED) is 0.263. The fraction of sp³-hybridized carbons (Fsp3) is 0.150. The number of carbonyl (C=O) groups excluding carboxylic acids is 2. The zero-order valence-corrected chi connectivity index (χ0v) is 17.7. The molecule has 0 aliphatic rings. The standard InChI is InChI=1S/C20H17BrClN3O4/c1-3-8-29-20-14(21)9-13(10-17(20)28-2)12-23-25-19(27)11-18(26)24-16-7-5-4-6-15(16)22/h1,4-7,9-10,12H,8,11H2,2H3,(H,24,26)(H,25,27). The van der Waals surface area contributed by atoms with Crippen molar-refractivity contribution in [3.8, 4) is 23.8 Å². The Kier molecular flexibility index (Phi) is 8.52. The molecule has 2 aromatic rings. The number of hydrogen-bond donors (Lipinski definition) is 2. The van der Waals surface area contributed by atoms with Crippen molar-refractivity contribution in [3.63, 3.8) is 0 Å². The van der Waals surface area contributed by atoms with E-state index in [0.717, 1.165) is 0 Å². The normalized spacial score (nSPS) is 10.3. The van der Waals surface area contributed by atoms with Crippen LogP contribution in [0.5, 0.6) is 11.5 Å². The number of ether oxygens (including phenoxy) is 2. The van der Waals surface area contributed by atoms with Crippen molar-refractivity contribution in [2.75, 3.05) is 19.0 Å². The minimum atomic E-state index is -0.578. The average molecular weight is 479 g/mol. The first-order valence-electron chi connectivity index (χ1n) is 8.24. The molecule has 2 amide bonds. The third kappa shape index (κ3) is 6.82. The number of amides is 2. The number of anilines is 1. The summed E-state index contributed by atoms with van der Waals surface area (Å²) >= 11 is 9.34. The number of halogens is 2. The summed E-state index contributed by atoms with van der Waals surface area (Å²) in [5.74, 6) is 2.20. The summed E-state index contributed by atoms with van der Waals surface area (Å²) in [6.07, 6.45) is 6.20. The number of methoxy groups -OCH3 is 1. The molecule has 0 saturated heterocycles. The fourth-order valence-electron chi connectivity index (χ4n) is 2.19. The van der Waals surface area contributed by atoms with Gasteiger partial charge in [-0.3, -0.25) is 9.59 Å². The number of hydrazone groups is 1. The van der Waals surface area contributed by atoms with Crippen LogP contribution < -0.4 is 20.2 Å². The Labute approximate surface area is 181 Å². The van der Waals surface area contributed by atoms with Gasteiger partial charge in [-0.15, -0.1) is 6.42 Å². The largest absolute Gasteiger partial charge is 0.493 e. The van der Waals surface area contributed by atoms with Gasteiger partial charge in [0.2, 0.25) is 11.8 Å². The summed E-state index contributed by atoms with van der Waals surface area (Å²) in [6, 6.07) is 10.1. The molecule has 0 bridgehead atoms. The number of nitrogens with zero attached hydrogens (tertiary/aromatic N) is 1. The Morgan fingerprint density at radius 2 is 2.07 bits per heavy atom. The Hall–Kier alpha value is -3.02. The first-order chi connectivity index (χ1) is 13.9. The lowest BCUT2D eigenvalue weighted by molar-refractivity contribution is -0.126. The zero-order valence-electron chi connectivity index (χ0n) is 15.4. The number of terminal acetylenes is 1. The fourth-order valence-corrected chi connectivity index (χ4v) is 2.95. The van der Waals surface area contributed by atoms with Crippen LogP contribution in [0.3, 0.4) is 0 Å². The molecule has 2 rings (SSSR count).